The number of hydrogen-bond acceptors (Lipinski definition) is 3. The Morgan fingerprint density at radius 3 is 2.24 bits per heavy atom. The maximum Gasteiger partial charge on any atom is 0.336 e. The molecule has 0 aliphatic carbocycles. The van der Waals surface area contributed by atoms with Gasteiger partial charge < -0.3 is 14.6 Å². The second kappa shape index (κ2) is 6.61. The Bertz CT molecular complexity index is 660. The zero-order chi connectivity index (χ0) is 15.2. The number of ether oxygens (including phenoxy) is 2. The van der Waals surface area contributed by atoms with E-state index in [1.165, 1.54) is 14.2 Å². The van der Waals surface area contributed by atoms with E-state index in [1.54, 1.807) is 24.3 Å². The maximum absolute atomic E-state index is 11.5. The molecule has 4 heteroatoms. The summed E-state index contributed by atoms with van der Waals surface area (Å²) >= 11 is 0. The fourth-order valence-corrected chi connectivity index (χ4v) is 1.99. The van der Waals surface area contributed by atoms with E-state index in [1.807, 2.05) is 30.3 Å². The molecule has 0 aromatic heterocycles. The van der Waals surface area contributed by atoms with Gasteiger partial charge in [-0.1, -0.05) is 36.4 Å². The van der Waals surface area contributed by atoms with E-state index < -0.39 is 5.97 Å². The van der Waals surface area contributed by atoms with Crippen LogP contribution in [0.5, 0.6) is 11.5 Å². The van der Waals surface area contributed by atoms with Gasteiger partial charge in [-0.2, -0.15) is 0 Å². The lowest BCUT2D eigenvalue weighted by atomic mass is 10.0. The summed E-state index contributed by atoms with van der Waals surface area (Å²) in [5.74, 6) is 0.0620. The van der Waals surface area contributed by atoms with Crippen LogP contribution in [0.4, 0.5) is 0 Å². The van der Waals surface area contributed by atoms with Crippen molar-refractivity contribution < 1.29 is 19.4 Å². The summed E-state index contributed by atoms with van der Waals surface area (Å²) in [5, 5.41) is 9.44. The molecular formula is C17H16O4. The Balaban J connectivity index is 2.49. The van der Waals surface area contributed by atoms with E-state index in [0.717, 1.165) is 5.56 Å². The average molecular weight is 284 g/mol. The highest BCUT2D eigenvalue weighted by atomic mass is 16.5. The zero-order valence-electron chi connectivity index (χ0n) is 11.9. The second-order valence-corrected chi connectivity index (χ2v) is 4.34. The first-order valence-electron chi connectivity index (χ1n) is 6.38. The number of carboxylic acids is 1. The molecule has 0 atom stereocenters. The van der Waals surface area contributed by atoms with Gasteiger partial charge >= 0.3 is 5.97 Å². The van der Waals surface area contributed by atoms with Gasteiger partial charge in [0.25, 0.3) is 0 Å². The quantitative estimate of drug-likeness (QED) is 0.676. The van der Waals surface area contributed by atoms with Gasteiger partial charge in [0, 0.05) is 0 Å². The predicted octanol–water partition coefficient (Wildman–Crippen LogP) is 3.33. The summed E-state index contributed by atoms with van der Waals surface area (Å²) < 4.78 is 10.4. The molecule has 0 saturated carbocycles. The van der Waals surface area contributed by atoms with Crippen LogP contribution >= 0.6 is 0 Å². The van der Waals surface area contributed by atoms with E-state index in [4.69, 9.17) is 9.47 Å². The van der Waals surface area contributed by atoms with Crippen LogP contribution in [0.2, 0.25) is 0 Å². The lowest BCUT2D eigenvalue weighted by Crippen LogP contribution is -2.01. The number of aliphatic carboxylic acids is 1. The van der Waals surface area contributed by atoms with Gasteiger partial charge in [-0.25, -0.2) is 4.79 Å². The highest BCUT2D eigenvalue weighted by Gasteiger charge is 2.13. The maximum atomic E-state index is 11.5. The van der Waals surface area contributed by atoms with Crippen molar-refractivity contribution in [3.8, 4) is 11.5 Å². The number of methoxy groups -OCH3 is 2. The molecule has 0 fully saturated rings. The van der Waals surface area contributed by atoms with Gasteiger partial charge in [-0.3, -0.25) is 0 Å². The van der Waals surface area contributed by atoms with Crippen LogP contribution in [0.3, 0.4) is 0 Å². The minimum atomic E-state index is -0.994. The predicted molar refractivity (Wildman–Crippen MR) is 81.5 cm³/mol. The van der Waals surface area contributed by atoms with Crippen molar-refractivity contribution in [2.75, 3.05) is 14.2 Å². The number of rotatable bonds is 5. The molecule has 0 aliphatic heterocycles. The normalized spacial score (nSPS) is 11.0. The summed E-state index contributed by atoms with van der Waals surface area (Å²) in [7, 11) is 3.05. The van der Waals surface area contributed by atoms with E-state index in [9.17, 15) is 9.90 Å². The van der Waals surface area contributed by atoms with Crippen LogP contribution in [-0.2, 0) is 4.79 Å². The summed E-state index contributed by atoms with van der Waals surface area (Å²) in [6, 6.07) is 14.4. The molecule has 2 aromatic carbocycles. The number of benzene rings is 2. The molecule has 0 amide bonds. The molecule has 1 N–H and O–H groups in total. The fourth-order valence-electron chi connectivity index (χ4n) is 1.99. The largest absolute Gasteiger partial charge is 0.493 e. The van der Waals surface area contributed by atoms with Crippen LogP contribution in [0, 0.1) is 0 Å². The minimum absolute atomic E-state index is 0.196. The Kier molecular flexibility index (Phi) is 4.61. The van der Waals surface area contributed by atoms with Crippen molar-refractivity contribution >= 4 is 17.6 Å². The Morgan fingerprint density at radius 1 is 1.00 bits per heavy atom. The third-order valence-electron chi connectivity index (χ3n) is 3.04. The Hall–Kier alpha value is -2.75. The summed E-state index contributed by atoms with van der Waals surface area (Å²) in [6.45, 7) is 0. The molecule has 0 spiro atoms. The standard InChI is InChI=1S/C17H16O4/c1-20-15-9-8-13(11-16(15)21-2)14(17(18)19)10-12-6-4-3-5-7-12/h3-11H,1-2H3,(H,18,19)/b14-10-. The van der Waals surface area contributed by atoms with Crippen molar-refractivity contribution in [2.45, 2.75) is 0 Å². The van der Waals surface area contributed by atoms with Crippen LogP contribution in [0.1, 0.15) is 11.1 Å². The molecule has 0 unspecified atom stereocenters. The Labute approximate surface area is 123 Å². The van der Waals surface area contributed by atoms with Gasteiger partial charge in [0.2, 0.25) is 0 Å². The van der Waals surface area contributed by atoms with Crippen molar-refractivity contribution in [3.05, 3.63) is 59.7 Å². The first kappa shape index (κ1) is 14.7. The molecule has 0 aliphatic rings. The molecule has 2 aromatic rings. The fraction of sp³-hybridized carbons (Fsp3) is 0.118. The molecule has 2 rings (SSSR count). The van der Waals surface area contributed by atoms with Crippen LogP contribution in [0.15, 0.2) is 48.5 Å². The highest BCUT2D eigenvalue weighted by molar-refractivity contribution is 6.20. The first-order chi connectivity index (χ1) is 10.2. The molecule has 0 heterocycles. The van der Waals surface area contributed by atoms with Gasteiger partial charge in [0.1, 0.15) is 0 Å². The zero-order valence-corrected chi connectivity index (χ0v) is 11.9. The van der Waals surface area contributed by atoms with Gasteiger partial charge in [0.05, 0.1) is 19.8 Å². The van der Waals surface area contributed by atoms with Crippen LogP contribution < -0.4 is 9.47 Å². The molecule has 21 heavy (non-hydrogen) atoms. The molecule has 108 valence electrons. The van der Waals surface area contributed by atoms with Crippen molar-refractivity contribution in [1.82, 2.24) is 0 Å². The van der Waals surface area contributed by atoms with E-state index in [2.05, 4.69) is 0 Å². The van der Waals surface area contributed by atoms with Crippen LogP contribution in [0.25, 0.3) is 11.6 Å². The average Bonchev–Trinajstić information content (AvgIpc) is 2.52. The minimum Gasteiger partial charge on any atom is -0.493 e. The highest BCUT2D eigenvalue weighted by Crippen LogP contribution is 2.31. The lowest BCUT2D eigenvalue weighted by Gasteiger charge is -2.10. The number of hydrogen-bond donors (Lipinski definition) is 1. The molecule has 0 radical (unpaired) electrons. The smallest absolute Gasteiger partial charge is 0.336 e. The van der Waals surface area contributed by atoms with Crippen molar-refractivity contribution in [1.29, 1.82) is 0 Å². The SMILES string of the molecule is COc1ccc(/C(=C/c2ccccc2)C(=O)O)cc1OC. The first-order valence-corrected chi connectivity index (χ1v) is 6.38. The van der Waals surface area contributed by atoms with Gasteiger partial charge in [0.15, 0.2) is 11.5 Å². The summed E-state index contributed by atoms with van der Waals surface area (Å²) in [6.07, 6.45) is 1.63. The monoisotopic (exact) mass is 284 g/mol. The third kappa shape index (κ3) is 3.42. The molecule has 4 nitrogen and oxygen atoms in total. The lowest BCUT2D eigenvalue weighted by molar-refractivity contribution is -0.130. The van der Waals surface area contributed by atoms with E-state index in [-0.39, 0.29) is 5.57 Å². The summed E-state index contributed by atoms with van der Waals surface area (Å²) in [5.41, 5.74) is 1.58. The van der Waals surface area contributed by atoms with Crippen LogP contribution in [-0.4, -0.2) is 25.3 Å². The van der Waals surface area contributed by atoms with Crippen molar-refractivity contribution in [3.63, 3.8) is 0 Å². The Morgan fingerprint density at radius 2 is 1.67 bits per heavy atom. The molecule has 0 saturated heterocycles. The van der Waals surface area contributed by atoms with Gasteiger partial charge in [-0.05, 0) is 29.3 Å². The summed E-state index contributed by atoms with van der Waals surface area (Å²) in [4.78, 5) is 11.5. The molecule has 0 bridgehead atoms. The van der Waals surface area contributed by atoms with Gasteiger partial charge in [-0.15, -0.1) is 0 Å². The second-order valence-electron chi connectivity index (χ2n) is 4.34. The molecular weight excluding hydrogens is 268 g/mol. The van der Waals surface area contributed by atoms with Crippen molar-refractivity contribution in [2.24, 2.45) is 0 Å². The number of carboxylic acid groups (broad SMARTS) is 1. The topological polar surface area (TPSA) is 55.8 Å². The number of carbonyl (C=O) groups is 1. The van der Waals surface area contributed by atoms with E-state index >= 15 is 0 Å². The third-order valence-corrected chi connectivity index (χ3v) is 3.04. The van der Waals surface area contributed by atoms with E-state index in [0.29, 0.717) is 17.1 Å².